The van der Waals surface area contributed by atoms with E-state index in [2.05, 4.69) is 19.1 Å². The van der Waals surface area contributed by atoms with Crippen LogP contribution in [0.25, 0.3) is 11.1 Å². The summed E-state index contributed by atoms with van der Waals surface area (Å²) in [6.45, 7) is 2.34. The maximum Gasteiger partial charge on any atom is 0.201 e. The number of methoxy groups -OCH3 is 1. The normalized spacial score (nSPS) is 22.4. The van der Waals surface area contributed by atoms with E-state index in [4.69, 9.17) is 4.74 Å². The van der Waals surface area contributed by atoms with Crippen molar-refractivity contribution in [3.8, 4) is 16.9 Å². The molecule has 2 aliphatic rings. The number of ether oxygens (including phenoxy) is 1. The zero-order valence-corrected chi connectivity index (χ0v) is 21.3. The van der Waals surface area contributed by atoms with E-state index < -0.39 is 11.6 Å². The smallest absolute Gasteiger partial charge is 0.201 e. The molecular weight excluding hydrogens is 430 g/mol. The van der Waals surface area contributed by atoms with Crippen LogP contribution >= 0.6 is 0 Å². The van der Waals surface area contributed by atoms with Crippen molar-refractivity contribution in [3.63, 3.8) is 0 Å². The van der Waals surface area contributed by atoms with E-state index in [9.17, 15) is 8.78 Å². The molecule has 2 aromatic carbocycles. The molecule has 1 aliphatic carbocycles. The van der Waals surface area contributed by atoms with Crippen molar-refractivity contribution in [2.75, 3.05) is 7.11 Å². The van der Waals surface area contributed by atoms with Crippen LogP contribution in [0, 0.1) is 23.5 Å². The predicted molar refractivity (Wildman–Crippen MR) is 135 cm³/mol. The standard InChI is InChI=1S/C29H39F2OSi/c1-3-18-33-19-16-22(17-20-33)5-4-21-6-8-23(9-7-21)24-10-12-25(13-11-24)26-14-15-27(32-2)29(31)28(26)30/h10-15,21-23H,3-9,16-20H2,1-2H3. The van der Waals surface area contributed by atoms with E-state index in [0.717, 1.165) is 11.8 Å². The van der Waals surface area contributed by atoms with Gasteiger partial charge in [-0.05, 0) is 66.7 Å². The van der Waals surface area contributed by atoms with E-state index in [-0.39, 0.29) is 20.1 Å². The first kappa shape index (κ1) is 24.4. The number of hydrogen-bond acceptors (Lipinski definition) is 1. The molecule has 1 aliphatic heterocycles. The van der Waals surface area contributed by atoms with Crippen LogP contribution in [0.2, 0.25) is 18.1 Å². The molecule has 0 aromatic heterocycles. The molecule has 0 N–H and O–H groups in total. The van der Waals surface area contributed by atoms with Gasteiger partial charge >= 0.3 is 0 Å². The number of rotatable bonds is 8. The fourth-order valence-electron chi connectivity index (χ4n) is 6.08. The molecule has 2 aromatic rings. The molecule has 179 valence electrons. The van der Waals surface area contributed by atoms with Crippen LogP contribution in [0.5, 0.6) is 5.75 Å². The lowest BCUT2D eigenvalue weighted by Gasteiger charge is -2.32. The Bertz CT molecular complexity index is 881. The Labute approximate surface area is 200 Å². The third-order valence-electron chi connectivity index (χ3n) is 8.21. The summed E-state index contributed by atoms with van der Waals surface area (Å²) in [5, 5.41) is 0. The molecule has 1 nitrogen and oxygen atoms in total. The predicted octanol–water partition coefficient (Wildman–Crippen LogP) is 9.01. The molecule has 0 atom stereocenters. The summed E-state index contributed by atoms with van der Waals surface area (Å²) in [6.07, 6.45) is 12.5. The van der Waals surface area contributed by atoms with Gasteiger partial charge in [-0.25, -0.2) is 4.39 Å². The molecule has 1 radical (unpaired) electrons. The van der Waals surface area contributed by atoms with E-state index in [0.29, 0.717) is 11.5 Å². The Balaban J connectivity index is 1.25. The topological polar surface area (TPSA) is 9.23 Å². The van der Waals surface area contributed by atoms with Gasteiger partial charge in [0, 0.05) is 14.4 Å². The lowest BCUT2D eigenvalue weighted by atomic mass is 9.76. The van der Waals surface area contributed by atoms with Crippen molar-refractivity contribution in [2.24, 2.45) is 11.8 Å². The third-order valence-corrected chi connectivity index (χ3v) is 11.4. The highest BCUT2D eigenvalue weighted by atomic mass is 28.3. The molecule has 1 saturated carbocycles. The number of hydrogen-bond donors (Lipinski definition) is 0. The molecule has 1 saturated heterocycles. The minimum absolute atomic E-state index is 0.0154. The summed E-state index contributed by atoms with van der Waals surface area (Å²) in [5.74, 6) is 0.677. The highest BCUT2D eigenvalue weighted by molar-refractivity contribution is 6.58. The highest BCUT2D eigenvalue weighted by Crippen LogP contribution is 2.40. The summed E-state index contributed by atoms with van der Waals surface area (Å²) in [6, 6.07) is 15.8. The summed E-state index contributed by atoms with van der Waals surface area (Å²) >= 11 is 0. The summed E-state index contributed by atoms with van der Waals surface area (Å²) in [7, 11) is 1.36. The molecule has 1 heterocycles. The Hall–Kier alpha value is -1.68. The maximum atomic E-state index is 14.4. The van der Waals surface area contributed by atoms with Crippen LogP contribution in [0.1, 0.15) is 76.2 Å². The van der Waals surface area contributed by atoms with Gasteiger partial charge in [0.2, 0.25) is 5.82 Å². The van der Waals surface area contributed by atoms with Crippen LogP contribution in [0.15, 0.2) is 36.4 Å². The van der Waals surface area contributed by atoms with Gasteiger partial charge in [0.1, 0.15) is 0 Å². The van der Waals surface area contributed by atoms with Gasteiger partial charge in [-0.1, -0.05) is 81.4 Å². The first-order valence-corrected chi connectivity index (χ1v) is 15.2. The second-order valence-electron chi connectivity index (χ2n) is 10.3. The second kappa shape index (κ2) is 11.6. The van der Waals surface area contributed by atoms with Gasteiger partial charge in [-0.15, -0.1) is 0 Å². The average molecular weight is 470 g/mol. The molecule has 0 bridgehead atoms. The van der Waals surface area contributed by atoms with Crippen LogP contribution < -0.4 is 4.74 Å². The molecule has 4 rings (SSSR count). The molecule has 0 spiro atoms. The Morgan fingerprint density at radius 3 is 2.06 bits per heavy atom. The van der Waals surface area contributed by atoms with E-state index in [1.807, 2.05) is 12.1 Å². The number of halogens is 2. The molecule has 33 heavy (non-hydrogen) atoms. The molecule has 0 unspecified atom stereocenters. The highest BCUT2D eigenvalue weighted by Gasteiger charge is 2.26. The first-order valence-electron chi connectivity index (χ1n) is 13.0. The zero-order valence-electron chi connectivity index (χ0n) is 20.3. The lowest BCUT2D eigenvalue weighted by molar-refractivity contribution is 0.280. The Kier molecular flexibility index (Phi) is 8.62. The minimum Gasteiger partial charge on any atom is -0.494 e. The van der Waals surface area contributed by atoms with Crippen LogP contribution in [0.3, 0.4) is 0 Å². The monoisotopic (exact) mass is 469 g/mol. The molecule has 4 heteroatoms. The molecule has 0 amide bonds. The van der Waals surface area contributed by atoms with Gasteiger partial charge in [0.15, 0.2) is 11.6 Å². The van der Waals surface area contributed by atoms with Crippen molar-refractivity contribution in [1.29, 1.82) is 0 Å². The lowest BCUT2D eigenvalue weighted by Crippen LogP contribution is -2.22. The summed E-state index contributed by atoms with van der Waals surface area (Å²) in [4.78, 5) is 0. The van der Waals surface area contributed by atoms with E-state index in [1.165, 1.54) is 82.6 Å². The quantitative estimate of drug-likeness (QED) is 0.350. The summed E-state index contributed by atoms with van der Waals surface area (Å²) < 4.78 is 33.4. The molecular formula is C29H39F2OSi. The number of benzene rings is 2. The van der Waals surface area contributed by atoms with E-state index in [1.54, 1.807) is 18.2 Å². The fraction of sp³-hybridized carbons (Fsp3) is 0.586. The SMILES string of the molecule is CCC[Si]1CCC(CCC2CCC(c3ccc(-c4ccc(OC)c(F)c4F)cc3)CC2)CC1. The third kappa shape index (κ3) is 6.06. The van der Waals surface area contributed by atoms with Crippen LogP contribution in [-0.4, -0.2) is 15.9 Å². The second-order valence-corrected chi connectivity index (χ2v) is 13.3. The largest absolute Gasteiger partial charge is 0.494 e. The van der Waals surface area contributed by atoms with Crippen molar-refractivity contribution in [1.82, 2.24) is 0 Å². The van der Waals surface area contributed by atoms with Crippen molar-refractivity contribution in [2.45, 2.75) is 88.8 Å². The van der Waals surface area contributed by atoms with Crippen LogP contribution in [-0.2, 0) is 0 Å². The molecule has 2 fully saturated rings. The first-order chi connectivity index (χ1) is 16.1. The Morgan fingerprint density at radius 2 is 1.45 bits per heavy atom. The van der Waals surface area contributed by atoms with Crippen LogP contribution in [0.4, 0.5) is 8.78 Å². The maximum absolute atomic E-state index is 14.4. The van der Waals surface area contributed by atoms with Gasteiger partial charge in [-0.2, -0.15) is 4.39 Å². The minimum atomic E-state index is -0.923. The van der Waals surface area contributed by atoms with Gasteiger partial charge in [0.05, 0.1) is 7.11 Å². The van der Waals surface area contributed by atoms with Gasteiger partial charge in [-0.3, -0.25) is 0 Å². The van der Waals surface area contributed by atoms with Crippen molar-refractivity contribution in [3.05, 3.63) is 53.6 Å². The van der Waals surface area contributed by atoms with Gasteiger partial charge < -0.3 is 4.74 Å². The fourth-order valence-corrected chi connectivity index (χ4v) is 9.17. The van der Waals surface area contributed by atoms with Crippen molar-refractivity contribution >= 4 is 8.80 Å². The summed E-state index contributed by atoms with van der Waals surface area (Å²) in [5.41, 5.74) is 2.33. The van der Waals surface area contributed by atoms with E-state index >= 15 is 0 Å². The Morgan fingerprint density at radius 1 is 0.818 bits per heavy atom. The van der Waals surface area contributed by atoms with Crippen molar-refractivity contribution < 1.29 is 13.5 Å². The average Bonchev–Trinajstić information content (AvgIpc) is 2.86. The zero-order chi connectivity index (χ0) is 23.2. The van der Waals surface area contributed by atoms with Gasteiger partial charge in [0.25, 0.3) is 0 Å².